The first-order valence-corrected chi connectivity index (χ1v) is 10.2. The molecule has 1 aliphatic rings. The SMILES string of the molecule is CCNC(=NCc1ccccc1OCc1ccccc1)NC1CCC(O)CC1. The highest BCUT2D eigenvalue weighted by Gasteiger charge is 2.20. The first-order chi connectivity index (χ1) is 13.7. The maximum Gasteiger partial charge on any atom is 0.191 e. The number of nitrogens with one attached hydrogen (secondary N) is 2. The van der Waals surface area contributed by atoms with Crippen molar-refractivity contribution >= 4 is 5.96 Å². The van der Waals surface area contributed by atoms with Crippen LogP contribution in [0.2, 0.25) is 0 Å². The van der Waals surface area contributed by atoms with Gasteiger partial charge in [-0.05, 0) is 44.2 Å². The molecule has 3 rings (SSSR count). The summed E-state index contributed by atoms with van der Waals surface area (Å²) < 4.78 is 6.04. The second-order valence-corrected chi connectivity index (χ2v) is 7.23. The summed E-state index contributed by atoms with van der Waals surface area (Å²) in [6, 6.07) is 18.6. The number of guanidine groups is 1. The van der Waals surface area contributed by atoms with Crippen molar-refractivity contribution in [2.75, 3.05) is 6.54 Å². The molecule has 0 heterocycles. The van der Waals surface area contributed by atoms with Gasteiger partial charge in [-0.2, -0.15) is 0 Å². The predicted molar refractivity (Wildman–Crippen MR) is 113 cm³/mol. The van der Waals surface area contributed by atoms with E-state index in [1.807, 2.05) is 36.4 Å². The molecule has 0 radical (unpaired) electrons. The van der Waals surface area contributed by atoms with Gasteiger partial charge in [0.05, 0.1) is 12.6 Å². The topological polar surface area (TPSA) is 65.9 Å². The number of hydrogen-bond acceptors (Lipinski definition) is 3. The molecular formula is C23H31N3O2. The highest BCUT2D eigenvalue weighted by molar-refractivity contribution is 5.80. The number of aliphatic hydroxyl groups is 1. The summed E-state index contributed by atoms with van der Waals surface area (Å²) in [6.45, 7) is 3.98. The number of nitrogens with zero attached hydrogens (tertiary/aromatic N) is 1. The van der Waals surface area contributed by atoms with Gasteiger partial charge in [0.25, 0.3) is 0 Å². The van der Waals surface area contributed by atoms with Gasteiger partial charge in [-0.1, -0.05) is 48.5 Å². The minimum absolute atomic E-state index is 0.147. The summed E-state index contributed by atoms with van der Waals surface area (Å²) >= 11 is 0. The van der Waals surface area contributed by atoms with Crippen LogP contribution in [0.5, 0.6) is 5.75 Å². The average Bonchev–Trinajstić information content (AvgIpc) is 2.73. The monoisotopic (exact) mass is 381 g/mol. The van der Waals surface area contributed by atoms with Gasteiger partial charge in [0.2, 0.25) is 0 Å². The molecule has 28 heavy (non-hydrogen) atoms. The minimum atomic E-state index is -0.147. The molecule has 0 spiro atoms. The number of aliphatic imine (C=N–C) groups is 1. The molecule has 1 fully saturated rings. The lowest BCUT2D eigenvalue weighted by molar-refractivity contribution is 0.120. The van der Waals surface area contributed by atoms with Crippen LogP contribution in [0.15, 0.2) is 59.6 Å². The zero-order valence-electron chi connectivity index (χ0n) is 16.6. The molecule has 150 valence electrons. The number of hydrogen-bond donors (Lipinski definition) is 3. The third-order valence-corrected chi connectivity index (χ3v) is 5.00. The number of para-hydroxylation sites is 1. The Kier molecular flexibility index (Phi) is 7.73. The molecule has 2 aromatic rings. The van der Waals surface area contributed by atoms with E-state index >= 15 is 0 Å². The van der Waals surface area contributed by atoms with E-state index in [1.165, 1.54) is 0 Å². The molecule has 5 heteroatoms. The quantitative estimate of drug-likeness (QED) is 0.506. The Hall–Kier alpha value is -2.53. The number of ether oxygens (including phenoxy) is 1. The third kappa shape index (κ3) is 6.27. The van der Waals surface area contributed by atoms with E-state index in [2.05, 4.69) is 35.8 Å². The Labute approximate surface area is 167 Å². The van der Waals surface area contributed by atoms with Crippen molar-refractivity contribution in [2.45, 2.75) is 57.9 Å². The summed E-state index contributed by atoms with van der Waals surface area (Å²) in [5, 5.41) is 16.5. The van der Waals surface area contributed by atoms with Gasteiger partial charge < -0.3 is 20.5 Å². The summed E-state index contributed by atoms with van der Waals surface area (Å²) in [5.41, 5.74) is 2.21. The van der Waals surface area contributed by atoms with Crippen molar-refractivity contribution < 1.29 is 9.84 Å². The maximum absolute atomic E-state index is 9.69. The van der Waals surface area contributed by atoms with Crippen LogP contribution in [-0.4, -0.2) is 29.8 Å². The molecule has 0 saturated heterocycles. The molecule has 0 bridgehead atoms. The average molecular weight is 382 g/mol. The Balaban J connectivity index is 1.62. The van der Waals surface area contributed by atoms with E-state index in [0.29, 0.717) is 19.2 Å². The Bertz CT molecular complexity index is 741. The van der Waals surface area contributed by atoms with E-state index in [0.717, 1.165) is 55.1 Å². The highest BCUT2D eigenvalue weighted by atomic mass is 16.5. The molecule has 3 N–H and O–H groups in total. The Morgan fingerprint density at radius 1 is 1.04 bits per heavy atom. The van der Waals surface area contributed by atoms with Crippen molar-refractivity contribution in [1.29, 1.82) is 0 Å². The standard InChI is InChI=1S/C23H31N3O2/c1-2-24-23(26-20-12-14-21(27)15-13-20)25-16-19-10-6-7-11-22(19)28-17-18-8-4-3-5-9-18/h3-11,20-21,27H,2,12-17H2,1H3,(H2,24,25,26). The molecule has 0 aromatic heterocycles. The van der Waals surface area contributed by atoms with Gasteiger partial charge >= 0.3 is 0 Å². The van der Waals surface area contributed by atoms with Crippen molar-refractivity contribution in [1.82, 2.24) is 10.6 Å². The van der Waals surface area contributed by atoms with Crippen LogP contribution in [0, 0.1) is 0 Å². The second-order valence-electron chi connectivity index (χ2n) is 7.23. The first kappa shape index (κ1) is 20.2. The van der Waals surface area contributed by atoms with Gasteiger partial charge in [0.15, 0.2) is 5.96 Å². The van der Waals surface area contributed by atoms with Crippen LogP contribution in [-0.2, 0) is 13.2 Å². The van der Waals surface area contributed by atoms with Crippen LogP contribution in [0.25, 0.3) is 0 Å². The van der Waals surface area contributed by atoms with Gasteiger partial charge in [-0.3, -0.25) is 0 Å². The molecule has 0 unspecified atom stereocenters. The Morgan fingerprint density at radius 3 is 2.50 bits per heavy atom. The zero-order valence-corrected chi connectivity index (χ0v) is 16.6. The number of benzene rings is 2. The van der Waals surface area contributed by atoms with E-state index in [9.17, 15) is 5.11 Å². The smallest absolute Gasteiger partial charge is 0.191 e. The van der Waals surface area contributed by atoms with Crippen LogP contribution in [0.3, 0.4) is 0 Å². The van der Waals surface area contributed by atoms with E-state index in [1.54, 1.807) is 0 Å². The van der Waals surface area contributed by atoms with Crippen LogP contribution < -0.4 is 15.4 Å². The lowest BCUT2D eigenvalue weighted by Crippen LogP contribution is -2.45. The largest absolute Gasteiger partial charge is 0.489 e. The van der Waals surface area contributed by atoms with Gasteiger partial charge in [-0.25, -0.2) is 4.99 Å². The van der Waals surface area contributed by atoms with Crippen LogP contribution in [0.1, 0.15) is 43.7 Å². The molecule has 1 saturated carbocycles. The van der Waals surface area contributed by atoms with Gasteiger partial charge in [0.1, 0.15) is 12.4 Å². The second kappa shape index (κ2) is 10.7. The summed E-state index contributed by atoms with van der Waals surface area (Å²) in [4.78, 5) is 4.76. The van der Waals surface area contributed by atoms with Gasteiger partial charge in [-0.15, -0.1) is 0 Å². The molecule has 0 atom stereocenters. The fourth-order valence-electron chi connectivity index (χ4n) is 3.41. The lowest BCUT2D eigenvalue weighted by Gasteiger charge is -2.27. The molecule has 2 aromatic carbocycles. The fourth-order valence-corrected chi connectivity index (χ4v) is 3.41. The minimum Gasteiger partial charge on any atom is -0.489 e. The molecule has 5 nitrogen and oxygen atoms in total. The number of rotatable bonds is 7. The number of aliphatic hydroxyl groups excluding tert-OH is 1. The van der Waals surface area contributed by atoms with E-state index in [4.69, 9.17) is 9.73 Å². The van der Waals surface area contributed by atoms with Crippen molar-refractivity contribution in [3.05, 3.63) is 65.7 Å². The van der Waals surface area contributed by atoms with E-state index in [-0.39, 0.29) is 6.10 Å². The first-order valence-electron chi connectivity index (χ1n) is 10.2. The Morgan fingerprint density at radius 2 is 1.75 bits per heavy atom. The van der Waals surface area contributed by atoms with Crippen LogP contribution >= 0.6 is 0 Å². The molecular weight excluding hydrogens is 350 g/mol. The fraction of sp³-hybridized carbons (Fsp3) is 0.435. The normalized spacial score (nSPS) is 19.9. The zero-order chi connectivity index (χ0) is 19.6. The summed E-state index contributed by atoms with van der Waals surface area (Å²) in [6.07, 6.45) is 3.51. The van der Waals surface area contributed by atoms with Gasteiger partial charge in [0, 0.05) is 18.2 Å². The molecule has 0 amide bonds. The third-order valence-electron chi connectivity index (χ3n) is 5.00. The van der Waals surface area contributed by atoms with Crippen molar-refractivity contribution in [3.8, 4) is 5.75 Å². The predicted octanol–water partition coefficient (Wildman–Crippen LogP) is 3.62. The van der Waals surface area contributed by atoms with Crippen LogP contribution in [0.4, 0.5) is 0 Å². The summed E-state index contributed by atoms with van der Waals surface area (Å²) in [7, 11) is 0. The maximum atomic E-state index is 9.69. The molecule has 1 aliphatic carbocycles. The van der Waals surface area contributed by atoms with Crippen molar-refractivity contribution in [3.63, 3.8) is 0 Å². The van der Waals surface area contributed by atoms with Crippen molar-refractivity contribution in [2.24, 2.45) is 4.99 Å². The highest BCUT2D eigenvalue weighted by Crippen LogP contribution is 2.21. The molecule has 0 aliphatic heterocycles. The van der Waals surface area contributed by atoms with E-state index < -0.39 is 0 Å². The summed E-state index contributed by atoms with van der Waals surface area (Å²) in [5.74, 6) is 1.69. The lowest BCUT2D eigenvalue weighted by atomic mass is 9.93.